The highest BCUT2D eigenvalue weighted by Gasteiger charge is 2.21. The van der Waals surface area contributed by atoms with Crippen molar-refractivity contribution in [3.8, 4) is 0 Å². The Morgan fingerprint density at radius 1 is 1.10 bits per heavy atom. The van der Waals surface area contributed by atoms with Gasteiger partial charge in [-0.15, -0.1) is 0 Å². The second-order valence-corrected chi connectivity index (χ2v) is 5.64. The molecule has 3 rings (SSSR count). The Kier molecular flexibility index (Phi) is 4.03. The number of aromatic amines is 1. The number of nitrogens with one attached hydrogen (secondary N) is 1. The molecule has 0 aliphatic carbocycles. The first-order chi connectivity index (χ1) is 10.1. The van der Waals surface area contributed by atoms with Gasteiger partial charge in [0.2, 0.25) is 0 Å². The van der Waals surface area contributed by atoms with Crippen LogP contribution in [0.4, 0.5) is 11.5 Å². The molecule has 110 valence electrons. The molecule has 0 radical (unpaired) electrons. The third-order valence-electron chi connectivity index (χ3n) is 3.53. The van der Waals surface area contributed by atoms with E-state index in [0.717, 1.165) is 36.9 Å². The topological polar surface area (TPSA) is 52.2 Å². The molecule has 0 saturated carbocycles. The first kappa shape index (κ1) is 14.2. The van der Waals surface area contributed by atoms with E-state index < -0.39 is 0 Å². The minimum absolute atomic E-state index is 0.147. The van der Waals surface area contributed by atoms with E-state index >= 15 is 0 Å². The van der Waals surface area contributed by atoms with Gasteiger partial charge in [-0.2, -0.15) is 0 Å². The largest absolute Gasteiger partial charge is 0.368 e. The van der Waals surface area contributed by atoms with Crippen molar-refractivity contribution in [2.45, 2.75) is 0 Å². The molecule has 1 fully saturated rings. The van der Waals surface area contributed by atoms with Crippen LogP contribution in [0.5, 0.6) is 0 Å². The third kappa shape index (κ3) is 2.99. The van der Waals surface area contributed by atoms with Gasteiger partial charge in [-0.3, -0.25) is 4.79 Å². The van der Waals surface area contributed by atoms with E-state index in [1.807, 2.05) is 29.2 Å². The maximum Gasteiger partial charge on any atom is 0.271 e. The second kappa shape index (κ2) is 5.95. The first-order valence-electron chi connectivity index (χ1n) is 6.64. The summed E-state index contributed by atoms with van der Waals surface area (Å²) in [5, 5.41) is 0.878. The van der Waals surface area contributed by atoms with Gasteiger partial charge in [0.05, 0.1) is 6.33 Å². The number of H-pyrrole nitrogens is 1. The summed E-state index contributed by atoms with van der Waals surface area (Å²) in [7, 11) is 0. The van der Waals surface area contributed by atoms with Gasteiger partial charge in [-0.05, 0) is 18.2 Å². The van der Waals surface area contributed by atoms with Gasteiger partial charge in [-0.1, -0.05) is 29.3 Å². The molecule has 0 spiro atoms. The lowest BCUT2D eigenvalue weighted by Crippen LogP contribution is -2.47. The predicted octanol–water partition coefficient (Wildman–Crippen LogP) is 2.40. The lowest BCUT2D eigenvalue weighted by molar-refractivity contribution is 0.646. The summed E-state index contributed by atoms with van der Waals surface area (Å²) in [6, 6.07) is 7.80. The lowest BCUT2D eigenvalue weighted by Gasteiger charge is -2.36. The summed E-state index contributed by atoms with van der Waals surface area (Å²) in [5.74, 6) is 0.547. The molecule has 21 heavy (non-hydrogen) atoms. The Balaban J connectivity index is 1.73. The second-order valence-electron chi connectivity index (χ2n) is 4.82. The summed E-state index contributed by atoms with van der Waals surface area (Å²) in [5.41, 5.74) is 0.797. The van der Waals surface area contributed by atoms with Crippen LogP contribution in [0.3, 0.4) is 0 Å². The van der Waals surface area contributed by atoms with Gasteiger partial charge < -0.3 is 14.8 Å². The molecule has 0 atom stereocenters. The van der Waals surface area contributed by atoms with Crippen molar-refractivity contribution in [2.24, 2.45) is 0 Å². The fourth-order valence-corrected chi connectivity index (χ4v) is 2.85. The highest BCUT2D eigenvalue weighted by atomic mass is 35.5. The zero-order chi connectivity index (χ0) is 14.8. The van der Waals surface area contributed by atoms with E-state index in [4.69, 9.17) is 23.2 Å². The van der Waals surface area contributed by atoms with Crippen LogP contribution in [0.1, 0.15) is 0 Å². The molecule has 0 amide bonds. The van der Waals surface area contributed by atoms with Crippen molar-refractivity contribution in [3.05, 3.63) is 51.0 Å². The number of halogens is 2. The average molecular weight is 325 g/mol. The van der Waals surface area contributed by atoms with Gasteiger partial charge >= 0.3 is 0 Å². The monoisotopic (exact) mass is 324 g/mol. The normalized spacial score (nSPS) is 15.3. The molecular weight excluding hydrogens is 311 g/mol. The van der Waals surface area contributed by atoms with E-state index in [2.05, 4.69) is 14.9 Å². The highest BCUT2D eigenvalue weighted by molar-refractivity contribution is 6.32. The van der Waals surface area contributed by atoms with Gasteiger partial charge in [-0.25, -0.2) is 4.98 Å². The Labute approximate surface area is 132 Å². The molecule has 0 bridgehead atoms. The SMILES string of the molecule is O=c1[nH]cnc(N2CCN(c3cccc(Cl)c3)CC2)c1Cl. The summed E-state index contributed by atoms with van der Waals surface area (Å²) in [6.45, 7) is 3.15. The van der Waals surface area contributed by atoms with Crippen molar-refractivity contribution < 1.29 is 0 Å². The number of anilines is 2. The summed E-state index contributed by atoms with van der Waals surface area (Å²) in [6.07, 6.45) is 1.38. The highest BCUT2D eigenvalue weighted by Crippen LogP contribution is 2.24. The quantitative estimate of drug-likeness (QED) is 0.921. The van der Waals surface area contributed by atoms with Crippen LogP contribution in [0.2, 0.25) is 10.0 Å². The zero-order valence-corrected chi connectivity index (χ0v) is 12.7. The smallest absolute Gasteiger partial charge is 0.271 e. The van der Waals surface area contributed by atoms with Crippen molar-refractivity contribution in [1.82, 2.24) is 9.97 Å². The molecule has 0 unspecified atom stereocenters. The standard InChI is InChI=1S/C14H14Cl2N4O/c15-10-2-1-3-11(8-10)19-4-6-20(7-5-19)13-12(16)14(21)18-9-17-13/h1-3,8-9H,4-7H2,(H,17,18,21). The van der Waals surface area contributed by atoms with E-state index in [0.29, 0.717) is 5.82 Å². The zero-order valence-electron chi connectivity index (χ0n) is 11.2. The van der Waals surface area contributed by atoms with Gasteiger partial charge in [0.1, 0.15) is 5.02 Å². The van der Waals surface area contributed by atoms with E-state index in [1.54, 1.807) is 0 Å². The Bertz CT molecular complexity index is 695. The summed E-state index contributed by atoms with van der Waals surface area (Å²) < 4.78 is 0. The lowest BCUT2D eigenvalue weighted by atomic mass is 10.2. The Morgan fingerprint density at radius 2 is 1.81 bits per heavy atom. The molecule has 2 heterocycles. The minimum atomic E-state index is -0.307. The van der Waals surface area contributed by atoms with Crippen LogP contribution in [0.15, 0.2) is 35.4 Å². The Hall–Kier alpha value is -1.72. The van der Waals surface area contributed by atoms with E-state index in [9.17, 15) is 4.79 Å². The van der Waals surface area contributed by atoms with Crippen LogP contribution in [0.25, 0.3) is 0 Å². The maximum atomic E-state index is 11.5. The molecular formula is C14H14Cl2N4O. The molecule has 2 aromatic rings. The third-order valence-corrected chi connectivity index (χ3v) is 4.11. The van der Waals surface area contributed by atoms with E-state index in [1.165, 1.54) is 6.33 Å². The number of benzene rings is 1. The number of rotatable bonds is 2. The number of aromatic nitrogens is 2. The first-order valence-corrected chi connectivity index (χ1v) is 7.39. The van der Waals surface area contributed by atoms with Crippen LogP contribution >= 0.6 is 23.2 Å². The van der Waals surface area contributed by atoms with Crippen molar-refractivity contribution in [1.29, 1.82) is 0 Å². The average Bonchev–Trinajstić information content (AvgIpc) is 2.50. The maximum absolute atomic E-state index is 11.5. The van der Waals surface area contributed by atoms with Crippen LogP contribution < -0.4 is 15.4 Å². The summed E-state index contributed by atoms with van der Waals surface area (Å²) >= 11 is 12.0. The Morgan fingerprint density at radius 3 is 2.52 bits per heavy atom. The van der Waals surface area contributed by atoms with Crippen LogP contribution in [-0.4, -0.2) is 36.1 Å². The van der Waals surface area contributed by atoms with Crippen molar-refractivity contribution in [2.75, 3.05) is 36.0 Å². The summed E-state index contributed by atoms with van der Waals surface area (Å²) in [4.78, 5) is 22.4. The van der Waals surface area contributed by atoms with Crippen LogP contribution in [0, 0.1) is 0 Å². The predicted molar refractivity (Wildman–Crippen MR) is 85.7 cm³/mol. The fraction of sp³-hybridized carbons (Fsp3) is 0.286. The molecule has 5 nitrogen and oxygen atoms in total. The van der Waals surface area contributed by atoms with E-state index in [-0.39, 0.29) is 10.6 Å². The van der Waals surface area contributed by atoms with Crippen molar-refractivity contribution in [3.63, 3.8) is 0 Å². The van der Waals surface area contributed by atoms with Crippen LogP contribution in [-0.2, 0) is 0 Å². The van der Waals surface area contributed by atoms with Crippen molar-refractivity contribution >= 4 is 34.7 Å². The molecule has 1 N–H and O–H groups in total. The molecule has 1 aromatic heterocycles. The molecule has 1 aliphatic rings. The molecule has 1 aliphatic heterocycles. The van der Waals surface area contributed by atoms with Gasteiger partial charge in [0.25, 0.3) is 5.56 Å². The number of piperazine rings is 1. The number of hydrogen-bond acceptors (Lipinski definition) is 4. The number of hydrogen-bond donors (Lipinski definition) is 1. The molecule has 1 saturated heterocycles. The number of nitrogens with zero attached hydrogens (tertiary/aromatic N) is 3. The van der Waals surface area contributed by atoms with Gasteiger partial charge in [0.15, 0.2) is 5.82 Å². The minimum Gasteiger partial charge on any atom is -0.368 e. The molecule has 7 heteroatoms. The molecule has 1 aromatic carbocycles. The fourth-order valence-electron chi connectivity index (χ4n) is 2.44. The van der Waals surface area contributed by atoms with Gasteiger partial charge in [0, 0.05) is 36.9 Å².